The van der Waals surface area contributed by atoms with E-state index < -0.39 is 24.8 Å². The summed E-state index contributed by atoms with van der Waals surface area (Å²) in [4.78, 5) is 11.9. The molecule has 0 bridgehead atoms. The van der Waals surface area contributed by atoms with Crippen molar-refractivity contribution in [2.75, 3.05) is 0 Å². The van der Waals surface area contributed by atoms with Crippen molar-refractivity contribution in [2.24, 2.45) is 0 Å². The van der Waals surface area contributed by atoms with Gasteiger partial charge in [-0.3, -0.25) is 4.79 Å². The molecule has 4 heteroatoms. The van der Waals surface area contributed by atoms with E-state index in [0.717, 1.165) is 24.8 Å². The monoisotopic (exact) mass is 256 g/mol. The Morgan fingerprint density at radius 2 is 1.89 bits per heavy atom. The fourth-order valence-corrected chi connectivity index (χ4v) is 2.22. The van der Waals surface area contributed by atoms with Crippen molar-refractivity contribution >= 4 is 5.78 Å². The Morgan fingerprint density at radius 3 is 2.44 bits per heavy atom. The lowest BCUT2D eigenvalue weighted by Crippen LogP contribution is -2.16. The van der Waals surface area contributed by atoms with E-state index in [9.17, 15) is 18.0 Å². The molecule has 98 valence electrons. The number of benzene rings is 1. The maximum Gasteiger partial charge on any atom is 0.389 e. The molecule has 0 radical (unpaired) electrons. The van der Waals surface area contributed by atoms with E-state index >= 15 is 0 Å². The summed E-state index contributed by atoms with van der Waals surface area (Å²) in [6, 6.07) is 7.06. The molecule has 0 aliphatic heterocycles. The van der Waals surface area contributed by atoms with Crippen LogP contribution in [-0.2, 0) is 0 Å². The van der Waals surface area contributed by atoms with Gasteiger partial charge in [-0.1, -0.05) is 30.7 Å². The highest BCUT2D eigenvalue weighted by Gasteiger charge is 2.29. The molecule has 1 aromatic rings. The van der Waals surface area contributed by atoms with Gasteiger partial charge >= 0.3 is 6.18 Å². The highest BCUT2D eigenvalue weighted by molar-refractivity contribution is 5.97. The van der Waals surface area contributed by atoms with Crippen LogP contribution in [0, 0.1) is 0 Å². The Kier molecular flexibility index (Phi) is 3.73. The molecule has 1 fully saturated rings. The van der Waals surface area contributed by atoms with Crippen LogP contribution < -0.4 is 0 Å². The molecule has 0 amide bonds. The number of hydrogen-bond acceptors (Lipinski definition) is 1. The fourth-order valence-electron chi connectivity index (χ4n) is 2.22. The van der Waals surface area contributed by atoms with Gasteiger partial charge in [0, 0.05) is 12.0 Å². The molecule has 18 heavy (non-hydrogen) atoms. The first kappa shape index (κ1) is 13.1. The Balaban J connectivity index is 2.09. The van der Waals surface area contributed by atoms with Gasteiger partial charge in [-0.05, 0) is 24.3 Å². The van der Waals surface area contributed by atoms with Gasteiger partial charge in [-0.2, -0.15) is 13.2 Å². The lowest BCUT2D eigenvalue weighted by atomic mass is 9.77. The van der Waals surface area contributed by atoms with Crippen molar-refractivity contribution in [3.63, 3.8) is 0 Å². The third-order valence-electron chi connectivity index (χ3n) is 3.44. The molecule has 0 atom stereocenters. The van der Waals surface area contributed by atoms with Crippen molar-refractivity contribution in [1.82, 2.24) is 0 Å². The maximum atomic E-state index is 12.1. The molecule has 0 saturated heterocycles. The summed E-state index contributed by atoms with van der Waals surface area (Å²) < 4.78 is 36.3. The van der Waals surface area contributed by atoms with Crippen LogP contribution in [-0.4, -0.2) is 12.0 Å². The molecule has 0 unspecified atom stereocenters. The van der Waals surface area contributed by atoms with Crippen molar-refractivity contribution in [2.45, 2.75) is 44.2 Å². The second-order valence-corrected chi connectivity index (χ2v) is 4.75. The van der Waals surface area contributed by atoms with Gasteiger partial charge < -0.3 is 0 Å². The van der Waals surface area contributed by atoms with E-state index in [0.29, 0.717) is 11.5 Å². The third-order valence-corrected chi connectivity index (χ3v) is 3.44. The van der Waals surface area contributed by atoms with Crippen molar-refractivity contribution in [3.8, 4) is 0 Å². The molecular formula is C14H15F3O. The molecule has 1 aliphatic rings. The summed E-state index contributed by atoms with van der Waals surface area (Å²) in [6.45, 7) is 0. The van der Waals surface area contributed by atoms with Crippen LogP contribution in [0.5, 0.6) is 0 Å². The highest BCUT2D eigenvalue weighted by Crippen LogP contribution is 2.38. The van der Waals surface area contributed by atoms with Gasteiger partial charge in [-0.15, -0.1) is 0 Å². The SMILES string of the molecule is O=C(CCC(F)(F)F)c1ccccc1C1CCC1. The highest BCUT2D eigenvalue weighted by atomic mass is 19.4. The summed E-state index contributed by atoms with van der Waals surface area (Å²) in [6.07, 6.45) is -2.55. The van der Waals surface area contributed by atoms with Crippen LogP contribution in [0.15, 0.2) is 24.3 Å². The lowest BCUT2D eigenvalue weighted by Gasteiger charge is -2.27. The first-order valence-electron chi connectivity index (χ1n) is 6.16. The van der Waals surface area contributed by atoms with E-state index in [1.54, 1.807) is 12.1 Å². The largest absolute Gasteiger partial charge is 0.389 e. The van der Waals surface area contributed by atoms with Crippen LogP contribution in [0.1, 0.15) is 53.9 Å². The van der Waals surface area contributed by atoms with E-state index in [-0.39, 0.29) is 0 Å². The summed E-state index contributed by atoms with van der Waals surface area (Å²) in [5.41, 5.74) is 1.40. The standard InChI is InChI=1S/C14H15F3O/c15-14(16,17)9-8-13(18)12-7-2-1-6-11(12)10-4-3-5-10/h1-2,6-7,10H,3-5,8-9H2. The minimum Gasteiger partial charge on any atom is -0.294 e. The number of hydrogen-bond donors (Lipinski definition) is 0. The van der Waals surface area contributed by atoms with Gasteiger partial charge in [-0.25, -0.2) is 0 Å². The fraction of sp³-hybridized carbons (Fsp3) is 0.500. The maximum absolute atomic E-state index is 12.1. The predicted molar refractivity (Wildman–Crippen MR) is 62.7 cm³/mol. The van der Waals surface area contributed by atoms with E-state index in [4.69, 9.17) is 0 Å². The van der Waals surface area contributed by atoms with Crippen molar-refractivity contribution in [3.05, 3.63) is 35.4 Å². The van der Waals surface area contributed by atoms with Gasteiger partial charge in [0.05, 0.1) is 6.42 Å². The molecular weight excluding hydrogens is 241 g/mol. The van der Waals surface area contributed by atoms with Crippen LogP contribution in [0.4, 0.5) is 13.2 Å². The Hall–Kier alpha value is -1.32. The van der Waals surface area contributed by atoms with Gasteiger partial charge in [0.2, 0.25) is 0 Å². The van der Waals surface area contributed by atoms with Crippen LogP contribution in [0.3, 0.4) is 0 Å². The zero-order valence-corrected chi connectivity index (χ0v) is 9.96. The summed E-state index contributed by atoms with van der Waals surface area (Å²) in [5, 5.41) is 0. The Morgan fingerprint density at radius 1 is 1.22 bits per heavy atom. The minimum absolute atomic E-state index is 0.357. The average molecular weight is 256 g/mol. The first-order valence-corrected chi connectivity index (χ1v) is 6.16. The van der Waals surface area contributed by atoms with Crippen LogP contribution >= 0.6 is 0 Å². The van der Waals surface area contributed by atoms with E-state index in [1.807, 2.05) is 12.1 Å². The topological polar surface area (TPSA) is 17.1 Å². The lowest BCUT2D eigenvalue weighted by molar-refractivity contribution is -0.133. The Labute approximate surface area is 104 Å². The normalized spacial score (nSPS) is 16.4. The number of rotatable bonds is 4. The predicted octanol–water partition coefficient (Wildman–Crippen LogP) is 4.48. The first-order chi connectivity index (χ1) is 8.47. The molecule has 0 N–H and O–H groups in total. The molecule has 0 spiro atoms. The van der Waals surface area contributed by atoms with Crippen molar-refractivity contribution in [1.29, 1.82) is 0 Å². The Bertz CT molecular complexity index is 433. The minimum atomic E-state index is -4.26. The third kappa shape index (κ3) is 3.12. The molecule has 0 heterocycles. The zero-order valence-electron chi connectivity index (χ0n) is 9.96. The smallest absolute Gasteiger partial charge is 0.294 e. The molecule has 1 saturated carbocycles. The number of ketones is 1. The number of carbonyl (C=O) groups excluding carboxylic acids is 1. The number of carbonyl (C=O) groups is 1. The van der Waals surface area contributed by atoms with Crippen molar-refractivity contribution < 1.29 is 18.0 Å². The van der Waals surface area contributed by atoms with E-state index in [2.05, 4.69) is 0 Å². The molecule has 1 nitrogen and oxygen atoms in total. The second-order valence-electron chi connectivity index (χ2n) is 4.75. The van der Waals surface area contributed by atoms with Gasteiger partial charge in [0.15, 0.2) is 5.78 Å². The molecule has 1 aliphatic carbocycles. The quantitative estimate of drug-likeness (QED) is 0.726. The van der Waals surface area contributed by atoms with Gasteiger partial charge in [0.1, 0.15) is 0 Å². The summed E-state index contributed by atoms with van der Waals surface area (Å²) >= 11 is 0. The summed E-state index contributed by atoms with van der Waals surface area (Å²) in [5.74, 6) is -0.0362. The van der Waals surface area contributed by atoms with Gasteiger partial charge in [0.25, 0.3) is 0 Å². The second kappa shape index (κ2) is 5.12. The molecule has 0 aromatic heterocycles. The van der Waals surface area contributed by atoms with E-state index in [1.165, 1.54) is 0 Å². The zero-order chi connectivity index (χ0) is 13.2. The van der Waals surface area contributed by atoms with Crippen LogP contribution in [0.2, 0.25) is 0 Å². The van der Waals surface area contributed by atoms with Crippen LogP contribution in [0.25, 0.3) is 0 Å². The number of alkyl halides is 3. The molecule has 2 rings (SSSR count). The number of halogens is 3. The molecule has 1 aromatic carbocycles. The average Bonchev–Trinajstić information content (AvgIpc) is 2.23. The summed E-state index contributed by atoms with van der Waals surface area (Å²) in [7, 11) is 0. The number of Topliss-reactive ketones (excluding diaryl/α,β-unsaturated/α-hetero) is 1.